The molecule has 2 bridgehead atoms. The van der Waals surface area contributed by atoms with Gasteiger partial charge in [0.1, 0.15) is 12.0 Å². The lowest BCUT2D eigenvalue weighted by Crippen LogP contribution is -2.53. The predicted molar refractivity (Wildman–Crippen MR) is 133 cm³/mol. The Morgan fingerprint density at radius 2 is 1.71 bits per heavy atom. The van der Waals surface area contributed by atoms with Crippen molar-refractivity contribution in [1.29, 1.82) is 0 Å². The summed E-state index contributed by atoms with van der Waals surface area (Å²) in [4.78, 5) is 28.4. The third-order valence-electron chi connectivity index (χ3n) is 7.42. The van der Waals surface area contributed by atoms with E-state index in [0.717, 1.165) is 24.8 Å². The van der Waals surface area contributed by atoms with Gasteiger partial charge in [0.05, 0.1) is 12.2 Å². The van der Waals surface area contributed by atoms with Crippen LogP contribution in [0.2, 0.25) is 0 Å². The third kappa shape index (κ3) is 5.52. The Bertz CT molecular complexity index is 971. The Balaban J connectivity index is 1.41. The second kappa shape index (κ2) is 10.7. The zero-order valence-electron chi connectivity index (χ0n) is 20.8. The molecule has 0 spiro atoms. The average Bonchev–Trinajstić information content (AvgIpc) is 3.06. The van der Waals surface area contributed by atoms with Crippen molar-refractivity contribution < 1.29 is 19.1 Å². The van der Waals surface area contributed by atoms with E-state index in [0.29, 0.717) is 30.6 Å². The number of carbonyl (C=O) groups is 2. The Labute approximate surface area is 203 Å². The van der Waals surface area contributed by atoms with E-state index in [-0.39, 0.29) is 23.9 Å². The van der Waals surface area contributed by atoms with Gasteiger partial charge in [-0.25, -0.2) is 4.79 Å². The van der Waals surface area contributed by atoms with E-state index < -0.39 is 12.0 Å². The van der Waals surface area contributed by atoms with E-state index >= 15 is 0 Å². The number of hydrogen-bond acceptors (Lipinski definition) is 5. The van der Waals surface area contributed by atoms with Crippen LogP contribution in [0.3, 0.4) is 0 Å². The van der Waals surface area contributed by atoms with Crippen molar-refractivity contribution in [2.45, 2.75) is 70.6 Å². The maximum absolute atomic E-state index is 13.3. The zero-order valence-corrected chi connectivity index (χ0v) is 20.8. The summed E-state index contributed by atoms with van der Waals surface area (Å²) in [6, 6.07) is 18.0. The van der Waals surface area contributed by atoms with Crippen LogP contribution in [-0.2, 0) is 20.7 Å². The van der Waals surface area contributed by atoms with Crippen molar-refractivity contribution in [3.63, 3.8) is 0 Å². The number of hydrogen-bond donors (Lipinski definition) is 0. The highest BCUT2D eigenvalue weighted by Crippen LogP contribution is 2.40. The van der Waals surface area contributed by atoms with Gasteiger partial charge in [-0.2, -0.15) is 0 Å². The van der Waals surface area contributed by atoms with E-state index in [4.69, 9.17) is 9.47 Å². The van der Waals surface area contributed by atoms with Crippen LogP contribution in [0.4, 0.5) is 0 Å². The average molecular weight is 464 g/mol. The smallest absolute Gasteiger partial charge is 0.338 e. The van der Waals surface area contributed by atoms with Crippen LogP contribution in [0.1, 0.15) is 67.4 Å². The minimum Gasteiger partial charge on any atom is -0.465 e. The summed E-state index contributed by atoms with van der Waals surface area (Å²) in [5, 5.41) is 0. The minimum absolute atomic E-state index is 0.0467. The predicted octanol–water partition coefficient (Wildman–Crippen LogP) is 5.24. The second-order valence-electron chi connectivity index (χ2n) is 10.4. The topological polar surface area (TPSA) is 55.8 Å². The number of esters is 2. The van der Waals surface area contributed by atoms with Crippen LogP contribution in [0.15, 0.2) is 54.6 Å². The number of benzene rings is 2. The number of carbonyl (C=O) groups excluding carboxylic acids is 2. The first kappa shape index (κ1) is 24.5. The molecule has 1 unspecified atom stereocenters. The Hall–Kier alpha value is -2.66. The first-order valence-corrected chi connectivity index (χ1v) is 12.6. The maximum Gasteiger partial charge on any atom is 0.338 e. The molecular formula is C29H37NO4. The lowest BCUT2D eigenvalue weighted by Gasteiger charge is -2.41. The fourth-order valence-electron chi connectivity index (χ4n) is 5.48. The minimum atomic E-state index is -0.461. The molecule has 2 aromatic rings. The highest BCUT2D eigenvalue weighted by molar-refractivity contribution is 5.89. The summed E-state index contributed by atoms with van der Waals surface area (Å²) in [5.41, 5.74) is 3.00. The molecule has 34 heavy (non-hydrogen) atoms. The lowest BCUT2D eigenvalue weighted by molar-refractivity contribution is -0.159. The van der Waals surface area contributed by atoms with Gasteiger partial charge in [0.2, 0.25) is 0 Å². The van der Waals surface area contributed by atoms with Gasteiger partial charge in [0, 0.05) is 24.4 Å². The van der Waals surface area contributed by atoms with E-state index in [1.165, 1.54) is 5.56 Å². The van der Waals surface area contributed by atoms with Crippen molar-refractivity contribution >= 4 is 11.9 Å². The number of ether oxygens (including phenoxy) is 2. The molecule has 2 aromatic carbocycles. The second-order valence-corrected chi connectivity index (χ2v) is 10.4. The van der Waals surface area contributed by atoms with E-state index in [9.17, 15) is 9.59 Å². The van der Waals surface area contributed by atoms with Gasteiger partial charge in [-0.15, -0.1) is 0 Å². The molecule has 0 amide bonds. The van der Waals surface area contributed by atoms with Gasteiger partial charge in [-0.05, 0) is 55.5 Å². The van der Waals surface area contributed by atoms with Crippen LogP contribution >= 0.6 is 0 Å². The quantitative estimate of drug-likeness (QED) is 0.501. The number of rotatable bonds is 8. The highest BCUT2D eigenvalue weighted by atomic mass is 16.6. The first-order chi connectivity index (χ1) is 16.3. The molecule has 2 heterocycles. The zero-order chi connectivity index (χ0) is 24.2. The molecule has 0 N–H and O–H groups in total. The summed E-state index contributed by atoms with van der Waals surface area (Å²) < 4.78 is 11.8. The first-order valence-electron chi connectivity index (χ1n) is 12.6. The molecule has 2 aliphatic rings. The molecule has 0 saturated carbocycles. The van der Waals surface area contributed by atoms with Crippen molar-refractivity contribution in [2.75, 3.05) is 13.7 Å². The van der Waals surface area contributed by atoms with Gasteiger partial charge in [-0.1, -0.05) is 63.2 Å². The third-order valence-corrected chi connectivity index (χ3v) is 7.42. The molecule has 5 nitrogen and oxygen atoms in total. The molecule has 2 fully saturated rings. The molecule has 5 atom stereocenters. The van der Waals surface area contributed by atoms with Crippen molar-refractivity contribution in [3.8, 4) is 0 Å². The standard InChI is InChI=1S/C29H37NO4/c1-19(2)16-21-10-12-22(13-11-21)20(3)18-33-29(32)27-25-15-14-24(30(25)4)17-26(27)34-28(31)23-8-6-5-7-9-23/h5-13,19-20,24-27H,14-18H2,1-4H3/t20?,24-,25+,26-,27+/m0/s1. The van der Waals surface area contributed by atoms with Crippen LogP contribution in [-0.4, -0.2) is 48.7 Å². The van der Waals surface area contributed by atoms with E-state index in [1.807, 2.05) is 18.2 Å². The largest absolute Gasteiger partial charge is 0.465 e. The molecule has 4 rings (SSSR count). The van der Waals surface area contributed by atoms with Gasteiger partial charge >= 0.3 is 11.9 Å². The molecular weight excluding hydrogens is 426 g/mol. The Morgan fingerprint density at radius 1 is 1.00 bits per heavy atom. The molecule has 5 heteroatoms. The van der Waals surface area contributed by atoms with Crippen molar-refractivity contribution in [1.82, 2.24) is 4.90 Å². The van der Waals surface area contributed by atoms with Crippen LogP contribution in [0.25, 0.3) is 0 Å². The molecule has 0 radical (unpaired) electrons. The van der Waals surface area contributed by atoms with Gasteiger partial charge < -0.3 is 9.47 Å². The van der Waals surface area contributed by atoms with Gasteiger partial charge in [0.15, 0.2) is 0 Å². The summed E-state index contributed by atoms with van der Waals surface area (Å²) >= 11 is 0. The summed E-state index contributed by atoms with van der Waals surface area (Å²) in [6.07, 6.45) is 3.21. The van der Waals surface area contributed by atoms with Crippen molar-refractivity contribution in [3.05, 3.63) is 71.3 Å². The number of fused-ring (bicyclic) bond motifs is 2. The van der Waals surface area contributed by atoms with Gasteiger partial charge in [-0.3, -0.25) is 9.69 Å². The number of nitrogens with zero attached hydrogens (tertiary/aromatic N) is 1. The molecule has 182 valence electrons. The van der Waals surface area contributed by atoms with Crippen LogP contribution in [0.5, 0.6) is 0 Å². The molecule has 2 saturated heterocycles. The molecule has 0 aliphatic carbocycles. The maximum atomic E-state index is 13.3. The SMILES string of the molecule is CC(C)Cc1ccc(C(C)COC(=O)[C@H]2[C@@H](OC(=O)c3ccccc3)C[C@@H]3CC[C@H]2N3C)cc1. The fourth-order valence-corrected chi connectivity index (χ4v) is 5.48. The van der Waals surface area contributed by atoms with Gasteiger partial charge in [0.25, 0.3) is 0 Å². The van der Waals surface area contributed by atoms with Crippen LogP contribution < -0.4 is 0 Å². The molecule has 2 aliphatic heterocycles. The Kier molecular flexibility index (Phi) is 7.72. The normalized spacial score (nSPS) is 25.2. The summed E-state index contributed by atoms with van der Waals surface area (Å²) in [6.45, 7) is 6.83. The van der Waals surface area contributed by atoms with E-state index in [2.05, 4.69) is 57.0 Å². The molecule has 0 aromatic heterocycles. The lowest BCUT2D eigenvalue weighted by atomic mass is 9.87. The highest BCUT2D eigenvalue weighted by Gasteiger charge is 2.51. The Morgan fingerprint density at radius 3 is 2.38 bits per heavy atom. The van der Waals surface area contributed by atoms with Crippen molar-refractivity contribution in [2.24, 2.45) is 11.8 Å². The monoisotopic (exact) mass is 463 g/mol. The fraction of sp³-hybridized carbons (Fsp3) is 0.517. The number of piperidine rings is 1. The summed E-state index contributed by atoms with van der Waals surface area (Å²) in [7, 11) is 2.07. The van der Waals surface area contributed by atoms with Crippen LogP contribution in [0, 0.1) is 11.8 Å². The van der Waals surface area contributed by atoms with E-state index in [1.54, 1.807) is 12.1 Å². The summed E-state index contributed by atoms with van der Waals surface area (Å²) in [5.74, 6) is -0.373.